The van der Waals surface area contributed by atoms with E-state index in [4.69, 9.17) is 14.2 Å². The van der Waals surface area contributed by atoms with Crippen LogP contribution in [0.4, 0.5) is 4.79 Å². The van der Waals surface area contributed by atoms with Crippen LogP contribution >= 0.6 is 0 Å². The highest BCUT2D eigenvalue weighted by molar-refractivity contribution is 5.84. The molecule has 2 aromatic carbocycles. The van der Waals surface area contributed by atoms with Crippen molar-refractivity contribution in [3.63, 3.8) is 0 Å². The summed E-state index contributed by atoms with van der Waals surface area (Å²) in [4.78, 5) is 26.4. The summed E-state index contributed by atoms with van der Waals surface area (Å²) in [6.45, 7) is 5.34. The minimum Gasteiger partial charge on any atom is -0.448 e. The van der Waals surface area contributed by atoms with Crippen LogP contribution in [0.15, 0.2) is 48.5 Å². The van der Waals surface area contributed by atoms with Gasteiger partial charge in [0.1, 0.15) is 6.61 Å². The van der Waals surface area contributed by atoms with Crippen molar-refractivity contribution in [1.82, 2.24) is 4.90 Å². The van der Waals surface area contributed by atoms with Crippen molar-refractivity contribution < 1.29 is 28.9 Å². The lowest BCUT2D eigenvalue weighted by atomic mass is 9.98. The SMILES string of the molecule is CC(OCCC(C)(C)O)C1C(=O)OCN1C(=O)OCC1c2ccccc2-c2ccccc21. The highest BCUT2D eigenvalue weighted by atomic mass is 16.6. The van der Waals surface area contributed by atoms with Crippen LogP contribution in [-0.2, 0) is 19.0 Å². The summed E-state index contributed by atoms with van der Waals surface area (Å²) in [6, 6.07) is 15.3. The predicted octanol–water partition coefficient (Wildman–Crippen LogP) is 3.69. The first-order chi connectivity index (χ1) is 15.3. The molecule has 0 radical (unpaired) electrons. The average Bonchev–Trinajstić information content (AvgIpc) is 3.29. The fraction of sp³-hybridized carbons (Fsp3) is 0.440. The van der Waals surface area contributed by atoms with Gasteiger partial charge in [-0.2, -0.15) is 0 Å². The highest BCUT2D eigenvalue weighted by Crippen LogP contribution is 2.44. The van der Waals surface area contributed by atoms with E-state index in [1.807, 2.05) is 24.3 Å². The molecule has 7 heteroatoms. The number of cyclic esters (lactones) is 1. The molecule has 2 atom stereocenters. The molecular weight excluding hydrogens is 410 g/mol. The molecular formula is C25H29NO6. The van der Waals surface area contributed by atoms with E-state index in [-0.39, 0.29) is 25.9 Å². The van der Waals surface area contributed by atoms with Crippen LogP contribution in [0, 0.1) is 0 Å². The van der Waals surface area contributed by atoms with Gasteiger partial charge in [0.25, 0.3) is 0 Å². The number of hydrogen-bond acceptors (Lipinski definition) is 6. The fourth-order valence-corrected chi connectivity index (χ4v) is 4.30. The molecule has 1 aliphatic carbocycles. The molecule has 0 aromatic heterocycles. The average molecular weight is 440 g/mol. The molecule has 32 heavy (non-hydrogen) atoms. The smallest absolute Gasteiger partial charge is 0.413 e. The monoisotopic (exact) mass is 439 g/mol. The molecule has 1 amide bonds. The zero-order valence-electron chi connectivity index (χ0n) is 18.6. The van der Waals surface area contributed by atoms with Crippen molar-refractivity contribution in [2.45, 2.75) is 50.9 Å². The standard InChI is InChI=1S/C25H29NO6/c1-16(30-13-12-25(2,3)29)22-23(27)32-15-26(22)24(28)31-14-21-19-10-6-4-8-17(19)18-9-5-7-11-20(18)21/h4-11,16,21-22,29H,12-15H2,1-3H3. The largest absolute Gasteiger partial charge is 0.448 e. The van der Waals surface area contributed by atoms with Gasteiger partial charge in [0, 0.05) is 12.5 Å². The van der Waals surface area contributed by atoms with E-state index in [2.05, 4.69) is 24.3 Å². The number of esters is 1. The summed E-state index contributed by atoms with van der Waals surface area (Å²) < 4.78 is 16.5. The lowest BCUT2D eigenvalue weighted by Crippen LogP contribution is -2.46. The van der Waals surface area contributed by atoms with Crippen LogP contribution in [0.2, 0.25) is 0 Å². The Kier molecular flexibility index (Phi) is 6.22. The molecule has 0 saturated carbocycles. The van der Waals surface area contributed by atoms with Crippen molar-refractivity contribution in [3.8, 4) is 11.1 Å². The molecule has 4 rings (SSSR count). The number of fused-ring (bicyclic) bond motifs is 3. The molecule has 2 aliphatic rings. The van der Waals surface area contributed by atoms with Gasteiger partial charge in [0.15, 0.2) is 12.8 Å². The Hall–Kier alpha value is -2.90. The zero-order valence-corrected chi connectivity index (χ0v) is 18.6. The van der Waals surface area contributed by atoms with E-state index in [9.17, 15) is 14.7 Å². The molecule has 1 heterocycles. The van der Waals surface area contributed by atoms with Gasteiger partial charge in [-0.15, -0.1) is 0 Å². The number of carbonyl (C=O) groups is 2. The van der Waals surface area contributed by atoms with Crippen LogP contribution in [-0.4, -0.2) is 59.8 Å². The third-order valence-corrected chi connectivity index (χ3v) is 6.03. The number of carbonyl (C=O) groups excluding carboxylic acids is 2. The Balaban J connectivity index is 1.42. The van der Waals surface area contributed by atoms with Crippen LogP contribution < -0.4 is 0 Å². The van der Waals surface area contributed by atoms with Gasteiger partial charge in [0.2, 0.25) is 0 Å². The second-order valence-corrected chi connectivity index (χ2v) is 8.95. The van der Waals surface area contributed by atoms with Gasteiger partial charge in [-0.05, 0) is 49.4 Å². The number of amides is 1. The number of benzene rings is 2. The van der Waals surface area contributed by atoms with E-state index in [0.717, 1.165) is 22.3 Å². The minimum absolute atomic E-state index is 0.0653. The molecule has 1 fully saturated rings. The van der Waals surface area contributed by atoms with Gasteiger partial charge in [-0.1, -0.05) is 48.5 Å². The molecule has 1 N–H and O–H groups in total. The van der Waals surface area contributed by atoms with Gasteiger partial charge >= 0.3 is 12.1 Å². The predicted molar refractivity (Wildman–Crippen MR) is 118 cm³/mol. The summed E-state index contributed by atoms with van der Waals surface area (Å²) in [7, 11) is 0. The molecule has 1 saturated heterocycles. The summed E-state index contributed by atoms with van der Waals surface area (Å²) >= 11 is 0. The van der Waals surface area contributed by atoms with Crippen molar-refractivity contribution in [3.05, 3.63) is 59.7 Å². The molecule has 7 nitrogen and oxygen atoms in total. The topological polar surface area (TPSA) is 85.3 Å². The molecule has 1 aliphatic heterocycles. The van der Waals surface area contributed by atoms with Crippen molar-refractivity contribution in [2.75, 3.05) is 19.9 Å². The van der Waals surface area contributed by atoms with E-state index in [1.165, 1.54) is 4.90 Å². The molecule has 2 unspecified atom stereocenters. The Labute approximate surface area is 187 Å². The van der Waals surface area contributed by atoms with Crippen LogP contribution in [0.1, 0.15) is 44.2 Å². The van der Waals surface area contributed by atoms with Crippen LogP contribution in [0.25, 0.3) is 11.1 Å². The number of ether oxygens (including phenoxy) is 3. The van der Waals surface area contributed by atoms with Gasteiger partial charge in [0.05, 0.1) is 11.7 Å². The first-order valence-electron chi connectivity index (χ1n) is 10.9. The third kappa shape index (κ3) is 4.49. The number of hydrogen-bond donors (Lipinski definition) is 1. The maximum absolute atomic E-state index is 12.9. The van der Waals surface area contributed by atoms with E-state index in [0.29, 0.717) is 6.42 Å². The fourth-order valence-electron chi connectivity index (χ4n) is 4.30. The Morgan fingerprint density at radius 2 is 1.75 bits per heavy atom. The second kappa shape index (κ2) is 8.92. The normalized spacial score (nSPS) is 18.8. The van der Waals surface area contributed by atoms with Gasteiger partial charge in [-0.25, -0.2) is 9.59 Å². The number of nitrogens with zero attached hydrogens (tertiary/aromatic N) is 1. The van der Waals surface area contributed by atoms with E-state index >= 15 is 0 Å². The van der Waals surface area contributed by atoms with Gasteiger partial charge in [-0.3, -0.25) is 4.90 Å². The van der Waals surface area contributed by atoms with E-state index in [1.54, 1.807) is 20.8 Å². The molecule has 0 bridgehead atoms. The number of rotatable bonds is 7. The van der Waals surface area contributed by atoms with Crippen LogP contribution in [0.5, 0.6) is 0 Å². The highest BCUT2D eigenvalue weighted by Gasteiger charge is 2.43. The van der Waals surface area contributed by atoms with Crippen molar-refractivity contribution in [2.24, 2.45) is 0 Å². The Morgan fingerprint density at radius 3 is 2.34 bits per heavy atom. The third-order valence-electron chi connectivity index (χ3n) is 6.03. The quantitative estimate of drug-likeness (QED) is 0.663. The maximum Gasteiger partial charge on any atom is 0.413 e. The summed E-state index contributed by atoms with van der Waals surface area (Å²) in [6.07, 6.45) is -0.794. The zero-order chi connectivity index (χ0) is 22.9. The Morgan fingerprint density at radius 1 is 1.16 bits per heavy atom. The second-order valence-electron chi connectivity index (χ2n) is 8.95. The first-order valence-corrected chi connectivity index (χ1v) is 10.9. The number of aliphatic hydroxyl groups is 1. The molecule has 2 aromatic rings. The van der Waals surface area contributed by atoms with Crippen LogP contribution in [0.3, 0.4) is 0 Å². The molecule has 170 valence electrons. The molecule has 0 spiro atoms. The minimum atomic E-state index is -0.882. The lowest BCUT2D eigenvalue weighted by Gasteiger charge is -2.26. The van der Waals surface area contributed by atoms with Crippen molar-refractivity contribution in [1.29, 1.82) is 0 Å². The Bertz CT molecular complexity index is 952. The summed E-state index contributed by atoms with van der Waals surface area (Å²) in [5, 5.41) is 9.85. The summed E-state index contributed by atoms with van der Waals surface area (Å²) in [5.74, 6) is -0.584. The van der Waals surface area contributed by atoms with Crippen molar-refractivity contribution >= 4 is 12.1 Å². The van der Waals surface area contributed by atoms with Gasteiger partial charge < -0.3 is 19.3 Å². The maximum atomic E-state index is 12.9. The lowest BCUT2D eigenvalue weighted by molar-refractivity contribution is -0.142. The first kappa shape index (κ1) is 22.3. The summed E-state index contributed by atoms with van der Waals surface area (Å²) in [5.41, 5.74) is 3.67. The van der Waals surface area contributed by atoms with E-state index < -0.39 is 29.8 Å².